The highest BCUT2D eigenvalue weighted by Gasteiger charge is 2.28. The Balaban J connectivity index is 1.73. The van der Waals surface area contributed by atoms with Gasteiger partial charge in [0.15, 0.2) is 0 Å². The van der Waals surface area contributed by atoms with Gasteiger partial charge in [0.1, 0.15) is 17.3 Å². The van der Waals surface area contributed by atoms with Gasteiger partial charge in [-0.15, -0.1) is 0 Å². The number of benzene rings is 1. The molecular weight excluding hydrogens is 445 g/mol. The van der Waals surface area contributed by atoms with Gasteiger partial charge in [-0.3, -0.25) is 9.59 Å². The number of anilines is 1. The summed E-state index contributed by atoms with van der Waals surface area (Å²) in [6.07, 6.45) is -2.96. The Labute approximate surface area is 185 Å². The molecule has 2 N–H and O–H groups in total. The van der Waals surface area contributed by atoms with E-state index in [2.05, 4.69) is 15.5 Å². The molecule has 0 bridgehead atoms. The monoisotopic (exact) mass is 464 g/mol. The van der Waals surface area contributed by atoms with Crippen LogP contribution in [-0.4, -0.2) is 34.7 Å². The number of nitrogens with one attached hydrogen (secondary N) is 2. The van der Waals surface area contributed by atoms with Crippen LogP contribution < -0.4 is 10.6 Å². The number of thioether (sulfide) groups is 1. The zero-order chi connectivity index (χ0) is 23.3. The number of rotatable bonds is 7. The van der Waals surface area contributed by atoms with Gasteiger partial charge in [-0.05, 0) is 43.7 Å². The Bertz CT molecular complexity index is 1130. The maximum absolute atomic E-state index is 12.9. The van der Waals surface area contributed by atoms with Crippen LogP contribution in [-0.2, 0) is 5.75 Å². The smallest absolute Gasteiger partial charge is 0.361 e. The predicted molar refractivity (Wildman–Crippen MR) is 113 cm³/mol. The van der Waals surface area contributed by atoms with Crippen LogP contribution in [0.2, 0.25) is 0 Å². The van der Waals surface area contributed by atoms with Crippen molar-refractivity contribution in [3.63, 3.8) is 0 Å². The summed E-state index contributed by atoms with van der Waals surface area (Å²) in [7, 11) is 0. The van der Waals surface area contributed by atoms with Gasteiger partial charge in [0.2, 0.25) is 0 Å². The van der Waals surface area contributed by atoms with Gasteiger partial charge in [-0.1, -0.05) is 23.0 Å². The molecule has 0 aliphatic heterocycles. The first-order valence-electron chi connectivity index (χ1n) is 9.39. The molecule has 0 aliphatic rings. The average molecular weight is 464 g/mol. The number of halogens is 3. The van der Waals surface area contributed by atoms with Crippen LogP contribution in [0.3, 0.4) is 0 Å². The molecule has 7 nitrogen and oxygen atoms in total. The Morgan fingerprint density at radius 2 is 1.91 bits per heavy atom. The molecular formula is C21H19F3N4O3S. The molecule has 32 heavy (non-hydrogen) atoms. The number of carbonyl (C=O) groups is 2. The van der Waals surface area contributed by atoms with Crippen molar-refractivity contribution >= 4 is 29.3 Å². The van der Waals surface area contributed by atoms with Gasteiger partial charge in [-0.2, -0.15) is 13.2 Å². The van der Waals surface area contributed by atoms with E-state index >= 15 is 0 Å². The third kappa shape index (κ3) is 6.33. The van der Waals surface area contributed by atoms with Crippen LogP contribution >= 0.6 is 11.8 Å². The van der Waals surface area contributed by atoms with Crippen LogP contribution in [0.4, 0.5) is 18.9 Å². The highest BCUT2D eigenvalue weighted by molar-refractivity contribution is 7.98. The third-order valence-electron chi connectivity index (χ3n) is 4.25. The van der Waals surface area contributed by atoms with Crippen LogP contribution in [0.1, 0.15) is 37.7 Å². The topological polar surface area (TPSA) is 97.1 Å². The molecule has 0 saturated carbocycles. The summed E-state index contributed by atoms with van der Waals surface area (Å²) < 4.78 is 42.1. The fourth-order valence-electron chi connectivity index (χ4n) is 2.68. The molecule has 3 aromatic rings. The normalized spacial score (nSPS) is 11.3. The number of aromatic nitrogens is 2. The maximum Gasteiger partial charge on any atom is 0.405 e. The summed E-state index contributed by atoms with van der Waals surface area (Å²) in [5.41, 5.74) is 1.96. The molecule has 0 spiro atoms. The Morgan fingerprint density at radius 3 is 2.59 bits per heavy atom. The minimum atomic E-state index is -4.52. The van der Waals surface area contributed by atoms with E-state index in [0.29, 0.717) is 39.0 Å². The molecule has 3 rings (SSSR count). The molecule has 168 valence electrons. The highest BCUT2D eigenvalue weighted by Crippen LogP contribution is 2.26. The summed E-state index contributed by atoms with van der Waals surface area (Å²) in [6.45, 7) is 2.04. The fourth-order valence-corrected chi connectivity index (χ4v) is 3.55. The van der Waals surface area contributed by atoms with E-state index in [4.69, 9.17) is 4.52 Å². The van der Waals surface area contributed by atoms with Crippen molar-refractivity contribution < 1.29 is 27.3 Å². The molecule has 0 fully saturated rings. The lowest BCUT2D eigenvalue weighted by Crippen LogP contribution is -2.33. The fraction of sp³-hybridized carbons (Fsp3) is 0.238. The molecule has 1 aromatic carbocycles. The highest BCUT2D eigenvalue weighted by atomic mass is 32.2. The zero-order valence-electron chi connectivity index (χ0n) is 17.1. The molecule has 0 radical (unpaired) electrons. The van der Waals surface area contributed by atoms with E-state index in [9.17, 15) is 22.8 Å². The molecule has 0 atom stereocenters. The van der Waals surface area contributed by atoms with E-state index in [1.165, 1.54) is 23.9 Å². The predicted octanol–water partition coefficient (Wildman–Crippen LogP) is 4.52. The van der Waals surface area contributed by atoms with Crippen LogP contribution in [0.15, 0.2) is 52.1 Å². The van der Waals surface area contributed by atoms with Crippen LogP contribution in [0.25, 0.3) is 0 Å². The van der Waals surface area contributed by atoms with Gasteiger partial charge in [0.25, 0.3) is 11.8 Å². The number of amides is 2. The quantitative estimate of drug-likeness (QED) is 0.499. The molecule has 0 unspecified atom stereocenters. The van der Waals surface area contributed by atoms with Crippen molar-refractivity contribution in [1.82, 2.24) is 15.5 Å². The van der Waals surface area contributed by atoms with E-state index in [1.54, 1.807) is 44.3 Å². The summed E-state index contributed by atoms with van der Waals surface area (Å²) in [4.78, 5) is 29.2. The minimum absolute atomic E-state index is 0.00247. The number of pyridine rings is 1. The van der Waals surface area contributed by atoms with Crippen molar-refractivity contribution in [1.29, 1.82) is 0 Å². The molecule has 0 aliphatic carbocycles. The van der Waals surface area contributed by atoms with Gasteiger partial charge < -0.3 is 15.2 Å². The summed E-state index contributed by atoms with van der Waals surface area (Å²) in [5, 5.41) is 8.90. The Hall–Kier alpha value is -3.34. The second-order valence-corrected chi connectivity index (χ2v) is 7.82. The van der Waals surface area contributed by atoms with Gasteiger partial charge in [0, 0.05) is 29.3 Å². The summed E-state index contributed by atoms with van der Waals surface area (Å²) >= 11 is 1.31. The Kier molecular flexibility index (Phi) is 7.18. The lowest BCUT2D eigenvalue weighted by Gasteiger charge is -2.13. The van der Waals surface area contributed by atoms with E-state index in [-0.39, 0.29) is 5.56 Å². The first-order chi connectivity index (χ1) is 15.1. The van der Waals surface area contributed by atoms with E-state index in [1.807, 2.05) is 5.32 Å². The minimum Gasteiger partial charge on any atom is -0.361 e. The van der Waals surface area contributed by atoms with E-state index < -0.39 is 24.5 Å². The second kappa shape index (κ2) is 9.86. The summed E-state index contributed by atoms with van der Waals surface area (Å²) in [6, 6.07) is 9.28. The van der Waals surface area contributed by atoms with Crippen molar-refractivity contribution in [2.75, 3.05) is 11.9 Å². The summed E-state index contributed by atoms with van der Waals surface area (Å²) in [5.74, 6) is -0.233. The number of hydrogen-bond acceptors (Lipinski definition) is 6. The lowest BCUT2D eigenvalue weighted by atomic mass is 10.1. The molecule has 2 aromatic heterocycles. The number of carbonyl (C=O) groups excluding carboxylic acids is 2. The standard InChI is InChI=1S/C21H19F3N4O3S/c1-12-5-6-14(18(29)26-11-21(22,23)24)9-17(12)27-19(30)16-4-3-7-25-20(16)32-10-15-8-13(2)31-28-15/h3-9H,10-11H2,1-2H3,(H,26,29)(H,27,30). The molecule has 2 amide bonds. The van der Waals surface area contributed by atoms with Crippen LogP contribution in [0, 0.1) is 13.8 Å². The Morgan fingerprint density at radius 1 is 1.12 bits per heavy atom. The molecule has 0 saturated heterocycles. The van der Waals surface area contributed by atoms with Gasteiger partial charge in [0.05, 0.1) is 11.3 Å². The first kappa shape index (κ1) is 23.3. The van der Waals surface area contributed by atoms with Crippen LogP contribution in [0.5, 0.6) is 0 Å². The lowest BCUT2D eigenvalue weighted by molar-refractivity contribution is -0.123. The van der Waals surface area contributed by atoms with Crippen molar-refractivity contribution in [2.24, 2.45) is 0 Å². The zero-order valence-corrected chi connectivity index (χ0v) is 17.9. The number of alkyl halides is 3. The number of nitrogens with zero attached hydrogens (tertiary/aromatic N) is 2. The maximum atomic E-state index is 12.9. The SMILES string of the molecule is Cc1cc(CSc2ncccc2C(=O)Nc2cc(C(=O)NCC(F)(F)F)ccc2C)no1. The average Bonchev–Trinajstić information content (AvgIpc) is 3.17. The second-order valence-electron chi connectivity index (χ2n) is 6.86. The molecule has 2 heterocycles. The largest absolute Gasteiger partial charge is 0.405 e. The first-order valence-corrected chi connectivity index (χ1v) is 10.4. The number of aryl methyl sites for hydroxylation is 2. The van der Waals surface area contributed by atoms with Crippen molar-refractivity contribution in [2.45, 2.75) is 30.8 Å². The van der Waals surface area contributed by atoms with Gasteiger partial charge >= 0.3 is 6.18 Å². The number of hydrogen-bond donors (Lipinski definition) is 2. The van der Waals surface area contributed by atoms with Crippen molar-refractivity contribution in [3.8, 4) is 0 Å². The van der Waals surface area contributed by atoms with E-state index in [0.717, 1.165) is 0 Å². The third-order valence-corrected chi connectivity index (χ3v) is 5.29. The van der Waals surface area contributed by atoms with Gasteiger partial charge in [-0.25, -0.2) is 4.98 Å². The van der Waals surface area contributed by atoms with Crippen molar-refractivity contribution in [3.05, 3.63) is 70.7 Å². The molecule has 11 heteroatoms.